The molecule has 0 aliphatic rings. The third kappa shape index (κ3) is 4.28. The van der Waals surface area contributed by atoms with Gasteiger partial charge < -0.3 is 14.5 Å². The van der Waals surface area contributed by atoms with Gasteiger partial charge in [-0.2, -0.15) is 0 Å². The average Bonchev–Trinajstić information content (AvgIpc) is 3.25. The Morgan fingerprint density at radius 3 is 2.57 bits per heavy atom. The van der Waals surface area contributed by atoms with Gasteiger partial charge in [-0.25, -0.2) is 4.39 Å². The van der Waals surface area contributed by atoms with Crippen LogP contribution in [0.5, 0.6) is 5.75 Å². The van der Waals surface area contributed by atoms with Crippen LogP contribution >= 0.6 is 11.6 Å². The van der Waals surface area contributed by atoms with Crippen molar-refractivity contribution in [2.24, 2.45) is 0 Å². The van der Waals surface area contributed by atoms with Gasteiger partial charge >= 0.3 is 0 Å². The highest BCUT2D eigenvalue weighted by molar-refractivity contribution is 6.31. The first-order valence-corrected chi connectivity index (χ1v) is 9.85. The molecule has 0 saturated carbocycles. The molecule has 1 heterocycles. The Bertz CT molecular complexity index is 1130. The predicted octanol–water partition coefficient (Wildman–Crippen LogP) is 6.13. The van der Waals surface area contributed by atoms with Crippen LogP contribution in [0.4, 0.5) is 10.1 Å². The smallest absolute Gasteiger partial charge is 0.247 e. The second kappa shape index (κ2) is 8.97. The maximum atomic E-state index is 13.7. The van der Waals surface area contributed by atoms with E-state index >= 15 is 0 Å². The molecule has 4 aromatic rings. The van der Waals surface area contributed by atoms with Crippen LogP contribution < -0.4 is 10.1 Å². The van der Waals surface area contributed by atoms with E-state index in [1.54, 1.807) is 6.07 Å². The van der Waals surface area contributed by atoms with Crippen molar-refractivity contribution in [2.75, 3.05) is 11.9 Å². The second-order valence-corrected chi connectivity index (χ2v) is 6.89. The summed E-state index contributed by atoms with van der Waals surface area (Å²) in [6.45, 7) is 2.43. The quantitative estimate of drug-likeness (QED) is 0.387. The standard InChI is InChI=1S/C23H19ClFN3O2/c1-2-29-20-11-7-6-10-19(20)26-21(17-13-12-16(25)14-18(17)24)23-28-27-22(30-23)15-8-4-3-5-9-15/h3-14,21,26H,2H2,1H3/t21-/m0/s1. The zero-order valence-electron chi connectivity index (χ0n) is 16.2. The molecule has 1 aromatic heterocycles. The molecule has 0 aliphatic carbocycles. The second-order valence-electron chi connectivity index (χ2n) is 6.48. The van der Waals surface area contributed by atoms with Gasteiger partial charge in [-0.05, 0) is 43.3 Å². The van der Waals surface area contributed by atoms with Gasteiger partial charge in [-0.1, -0.05) is 48.0 Å². The fourth-order valence-electron chi connectivity index (χ4n) is 3.08. The van der Waals surface area contributed by atoms with Crippen molar-refractivity contribution in [2.45, 2.75) is 13.0 Å². The summed E-state index contributed by atoms with van der Waals surface area (Å²) in [6.07, 6.45) is 0. The molecule has 4 rings (SSSR count). The zero-order valence-corrected chi connectivity index (χ0v) is 16.9. The van der Waals surface area contributed by atoms with Crippen molar-refractivity contribution in [3.05, 3.63) is 95.1 Å². The number of nitrogens with one attached hydrogen (secondary N) is 1. The van der Waals surface area contributed by atoms with E-state index in [2.05, 4.69) is 15.5 Å². The van der Waals surface area contributed by atoms with Gasteiger partial charge in [0.05, 0.1) is 12.3 Å². The molecule has 0 amide bonds. The lowest BCUT2D eigenvalue weighted by atomic mass is 10.1. The Hall–Kier alpha value is -3.38. The topological polar surface area (TPSA) is 60.2 Å². The minimum absolute atomic E-state index is 0.251. The molecule has 3 aromatic carbocycles. The van der Waals surface area contributed by atoms with Gasteiger partial charge in [0, 0.05) is 16.1 Å². The van der Waals surface area contributed by atoms with Crippen molar-refractivity contribution >= 4 is 17.3 Å². The molecule has 7 heteroatoms. The summed E-state index contributed by atoms with van der Waals surface area (Å²) in [7, 11) is 0. The Labute approximate surface area is 178 Å². The molecule has 0 radical (unpaired) electrons. The number of hydrogen-bond donors (Lipinski definition) is 1. The number of aromatic nitrogens is 2. The minimum atomic E-state index is -0.607. The summed E-state index contributed by atoms with van der Waals surface area (Å²) in [5.74, 6) is 0.932. The van der Waals surface area contributed by atoms with Crippen molar-refractivity contribution in [1.82, 2.24) is 10.2 Å². The van der Waals surface area contributed by atoms with Gasteiger partial charge in [0.2, 0.25) is 11.8 Å². The summed E-state index contributed by atoms with van der Waals surface area (Å²) in [5.41, 5.74) is 2.13. The lowest BCUT2D eigenvalue weighted by Gasteiger charge is -2.20. The van der Waals surface area contributed by atoms with E-state index in [0.717, 1.165) is 11.3 Å². The molecule has 1 N–H and O–H groups in total. The molecule has 5 nitrogen and oxygen atoms in total. The molecule has 0 saturated heterocycles. The third-order valence-electron chi connectivity index (χ3n) is 4.47. The van der Waals surface area contributed by atoms with Crippen molar-refractivity contribution < 1.29 is 13.5 Å². The highest BCUT2D eigenvalue weighted by atomic mass is 35.5. The predicted molar refractivity (Wildman–Crippen MR) is 114 cm³/mol. The van der Waals surface area contributed by atoms with E-state index in [-0.39, 0.29) is 5.02 Å². The van der Waals surface area contributed by atoms with Gasteiger partial charge in [-0.3, -0.25) is 0 Å². The molecule has 1 atom stereocenters. The fourth-order valence-corrected chi connectivity index (χ4v) is 3.36. The van der Waals surface area contributed by atoms with Gasteiger partial charge in [0.15, 0.2) is 0 Å². The van der Waals surface area contributed by atoms with Crippen LogP contribution in [-0.2, 0) is 0 Å². The average molecular weight is 424 g/mol. The van der Waals surface area contributed by atoms with Crippen LogP contribution in [0.2, 0.25) is 5.02 Å². The molecule has 0 spiro atoms. The van der Waals surface area contributed by atoms with E-state index in [0.29, 0.717) is 29.7 Å². The molecule has 30 heavy (non-hydrogen) atoms. The van der Waals surface area contributed by atoms with E-state index < -0.39 is 11.9 Å². The maximum Gasteiger partial charge on any atom is 0.247 e. The minimum Gasteiger partial charge on any atom is -0.492 e. The van der Waals surface area contributed by atoms with Gasteiger partial charge in [-0.15, -0.1) is 10.2 Å². The number of para-hydroxylation sites is 2. The van der Waals surface area contributed by atoms with E-state index in [4.69, 9.17) is 20.8 Å². The normalized spacial score (nSPS) is 11.8. The number of halogens is 2. The summed E-state index contributed by atoms with van der Waals surface area (Å²) >= 11 is 6.36. The first kappa shape index (κ1) is 19.9. The first-order valence-electron chi connectivity index (χ1n) is 9.48. The van der Waals surface area contributed by atoms with Crippen LogP contribution in [-0.4, -0.2) is 16.8 Å². The van der Waals surface area contributed by atoms with E-state index in [9.17, 15) is 4.39 Å². The highest BCUT2D eigenvalue weighted by Crippen LogP contribution is 2.35. The summed E-state index contributed by atoms with van der Waals surface area (Å²) < 4.78 is 25.3. The molecule has 152 valence electrons. The molecule has 0 unspecified atom stereocenters. The summed E-state index contributed by atoms with van der Waals surface area (Å²) in [4.78, 5) is 0. The van der Waals surface area contributed by atoms with Crippen molar-refractivity contribution in [3.63, 3.8) is 0 Å². The SMILES string of the molecule is CCOc1ccccc1N[C@H](c1nnc(-c2ccccc2)o1)c1ccc(F)cc1Cl. The van der Waals surface area contributed by atoms with Gasteiger partial charge in [0.1, 0.15) is 17.6 Å². The highest BCUT2D eigenvalue weighted by Gasteiger charge is 2.25. The van der Waals surface area contributed by atoms with Crippen LogP contribution in [0.25, 0.3) is 11.5 Å². The van der Waals surface area contributed by atoms with Crippen LogP contribution in [0.3, 0.4) is 0 Å². The van der Waals surface area contributed by atoms with Crippen LogP contribution in [0, 0.1) is 5.82 Å². The Morgan fingerprint density at radius 1 is 1.03 bits per heavy atom. The van der Waals surface area contributed by atoms with E-state index in [1.807, 2.05) is 61.5 Å². The summed E-state index contributed by atoms with van der Waals surface area (Å²) in [6, 6.07) is 20.6. The van der Waals surface area contributed by atoms with Crippen molar-refractivity contribution in [1.29, 1.82) is 0 Å². The lowest BCUT2D eigenvalue weighted by molar-refractivity contribution is 0.341. The monoisotopic (exact) mass is 423 g/mol. The third-order valence-corrected chi connectivity index (χ3v) is 4.80. The maximum absolute atomic E-state index is 13.7. The molecule has 0 bridgehead atoms. The lowest BCUT2D eigenvalue weighted by Crippen LogP contribution is -2.14. The summed E-state index contributed by atoms with van der Waals surface area (Å²) in [5, 5.41) is 12.0. The van der Waals surface area contributed by atoms with Crippen LogP contribution in [0.1, 0.15) is 24.4 Å². The molecule has 0 aliphatic heterocycles. The Kier molecular flexibility index (Phi) is 5.95. The number of rotatable bonds is 7. The largest absolute Gasteiger partial charge is 0.492 e. The molecular weight excluding hydrogens is 405 g/mol. The number of benzene rings is 3. The number of ether oxygens (including phenoxy) is 1. The Morgan fingerprint density at radius 2 is 1.80 bits per heavy atom. The molecule has 0 fully saturated rings. The Balaban J connectivity index is 1.76. The first-order chi connectivity index (χ1) is 14.7. The number of anilines is 1. The molecular formula is C23H19ClFN3O2. The number of hydrogen-bond acceptors (Lipinski definition) is 5. The van der Waals surface area contributed by atoms with Crippen LogP contribution in [0.15, 0.2) is 77.2 Å². The van der Waals surface area contributed by atoms with E-state index in [1.165, 1.54) is 12.1 Å². The zero-order chi connectivity index (χ0) is 20.9. The fraction of sp³-hybridized carbons (Fsp3) is 0.130. The van der Waals surface area contributed by atoms with Crippen molar-refractivity contribution in [3.8, 4) is 17.2 Å². The van der Waals surface area contributed by atoms with Gasteiger partial charge in [0.25, 0.3) is 0 Å². The number of nitrogens with zero attached hydrogens (tertiary/aromatic N) is 2.